The van der Waals surface area contributed by atoms with Gasteiger partial charge in [0.1, 0.15) is 5.75 Å². The van der Waals surface area contributed by atoms with Gasteiger partial charge in [-0.15, -0.1) is 0 Å². The van der Waals surface area contributed by atoms with Crippen LogP contribution in [0, 0.1) is 0 Å². The van der Waals surface area contributed by atoms with Gasteiger partial charge in [0, 0.05) is 5.71 Å². The summed E-state index contributed by atoms with van der Waals surface area (Å²) in [5, 5.41) is 0. The molecule has 1 rings (SSSR count). The highest BCUT2D eigenvalue weighted by Crippen LogP contribution is 2.26. The van der Waals surface area contributed by atoms with E-state index in [2.05, 4.69) is 11.6 Å². The van der Waals surface area contributed by atoms with Crippen molar-refractivity contribution in [3.05, 3.63) is 66.7 Å². The van der Waals surface area contributed by atoms with Gasteiger partial charge in [0.2, 0.25) is 5.88 Å². The van der Waals surface area contributed by atoms with Gasteiger partial charge in [0.05, 0.1) is 5.57 Å². The van der Waals surface area contributed by atoms with Crippen LogP contribution in [0.3, 0.4) is 0 Å². The van der Waals surface area contributed by atoms with Crippen LogP contribution in [0.4, 0.5) is 13.2 Å². The maximum atomic E-state index is 12.7. The van der Waals surface area contributed by atoms with E-state index < -0.39 is 11.7 Å². The van der Waals surface area contributed by atoms with Crippen LogP contribution >= 0.6 is 0 Å². The minimum Gasteiger partial charge on any atom is -0.440 e. The molecule has 0 aliphatic rings. The predicted octanol–water partition coefficient (Wildman–Crippen LogP) is 3.96. The van der Waals surface area contributed by atoms with Crippen molar-refractivity contribution in [3.8, 4) is 5.75 Å². The van der Waals surface area contributed by atoms with Crippen molar-refractivity contribution in [3.63, 3.8) is 0 Å². The Morgan fingerprint density at radius 3 is 2.43 bits per heavy atom. The molecule has 6 heteroatoms. The Balaban J connectivity index is 2.86. The average Bonchev–Trinajstić information content (AvgIpc) is 2.38. The van der Waals surface area contributed by atoms with Crippen LogP contribution in [-0.4, -0.2) is 11.9 Å². The number of benzene rings is 1. The first-order valence-corrected chi connectivity index (χ1v) is 5.97. The first-order valence-electron chi connectivity index (χ1n) is 5.97. The monoisotopic (exact) mass is 296 g/mol. The molecule has 0 aliphatic heterocycles. The van der Waals surface area contributed by atoms with E-state index in [9.17, 15) is 13.2 Å². The number of halogens is 3. The Morgan fingerprint density at radius 1 is 1.29 bits per heavy atom. The van der Waals surface area contributed by atoms with Gasteiger partial charge < -0.3 is 10.5 Å². The van der Waals surface area contributed by atoms with E-state index in [4.69, 9.17) is 10.5 Å². The fourth-order valence-electron chi connectivity index (χ4n) is 1.43. The zero-order chi connectivity index (χ0) is 15.9. The summed E-state index contributed by atoms with van der Waals surface area (Å²) >= 11 is 0. The minimum absolute atomic E-state index is 0.00629. The number of para-hydroxylation sites is 1. The lowest BCUT2D eigenvalue weighted by Crippen LogP contribution is -2.12. The molecule has 0 saturated carbocycles. The van der Waals surface area contributed by atoms with Crippen molar-refractivity contribution in [2.75, 3.05) is 0 Å². The highest BCUT2D eigenvalue weighted by atomic mass is 19.4. The molecule has 21 heavy (non-hydrogen) atoms. The largest absolute Gasteiger partial charge is 0.440 e. The average molecular weight is 296 g/mol. The van der Waals surface area contributed by atoms with Crippen LogP contribution in [0.25, 0.3) is 0 Å². The quantitative estimate of drug-likeness (QED) is 0.508. The number of ether oxygens (including phenoxy) is 1. The molecule has 0 fully saturated rings. The van der Waals surface area contributed by atoms with Gasteiger partial charge in [-0.25, -0.2) is 4.99 Å². The maximum Gasteiger partial charge on any atom is 0.416 e. The molecule has 2 N–H and O–H groups in total. The Hall–Kier alpha value is -2.50. The third kappa shape index (κ3) is 5.99. The van der Waals surface area contributed by atoms with Gasteiger partial charge in [-0.3, -0.25) is 0 Å². The molecule has 0 atom stereocenters. The molecular weight excluding hydrogens is 281 g/mol. The number of aliphatic imine (C=N–C) groups is 1. The second-order valence-corrected chi connectivity index (χ2v) is 4.02. The van der Waals surface area contributed by atoms with Gasteiger partial charge in [-0.2, -0.15) is 13.2 Å². The zero-order valence-corrected chi connectivity index (χ0v) is 11.4. The molecule has 0 amide bonds. The molecular formula is C15H15F3N2O. The molecule has 1 aromatic carbocycles. The number of alkyl halides is 3. The van der Waals surface area contributed by atoms with E-state index in [1.807, 2.05) is 6.07 Å². The molecule has 0 aromatic heterocycles. The van der Waals surface area contributed by atoms with E-state index in [0.29, 0.717) is 5.75 Å². The summed E-state index contributed by atoms with van der Waals surface area (Å²) in [6.07, 6.45) is -2.06. The normalized spacial score (nSPS) is 13.5. The van der Waals surface area contributed by atoms with Crippen LogP contribution in [0.5, 0.6) is 5.75 Å². The van der Waals surface area contributed by atoms with E-state index in [1.165, 1.54) is 6.92 Å². The van der Waals surface area contributed by atoms with Crippen molar-refractivity contribution in [2.45, 2.75) is 13.1 Å². The highest BCUT2D eigenvalue weighted by Gasteiger charge is 2.31. The molecule has 1 aromatic rings. The maximum absolute atomic E-state index is 12.7. The van der Waals surface area contributed by atoms with Crippen LogP contribution < -0.4 is 10.5 Å². The third-order valence-corrected chi connectivity index (χ3v) is 2.25. The zero-order valence-electron chi connectivity index (χ0n) is 11.4. The molecule has 0 radical (unpaired) electrons. The van der Waals surface area contributed by atoms with Crippen molar-refractivity contribution in [2.24, 2.45) is 10.7 Å². The second kappa shape index (κ2) is 7.33. The third-order valence-electron chi connectivity index (χ3n) is 2.25. The Bertz CT molecular complexity index is 572. The van der Waals surface area contributed by atoms with Gasteiger partial charge in [-0.1, -0.05) is 18.2 Å². The molecule has 3 nitrogen and oxygen atoms in total. The van der Waals surface area contributed by atoms with Gasteiger partial charge >= 0.3 is 6.18 Å². The smallest absolute Gasteiger partial charge is 0.416 e. The van der Waals surface area contributed by atoms with Crippen LogP contribution in [0.1, 0.15) is 6.92 Å². The van der Waals surface area contributed by atoms with Gasteiger partial charge in [0.25, 0.3) is 0 Å². The Morgan fingerprint density at radius 2 is 1.90 bits per heavy atom. The summed E-state index contributed by atoms with van der Waals surface area (Å²) in [4.78, 5) is 3.86. The van der Waals surface area contributed by atoms with Crippen molar-refractivity contribution < 1.29 is 17.9 Å². The number of hydrogen-bond donors (Lipinski definition) is 1. The van der Waals surface area contributed by atoms with E-state index in [-0.39, 0.29) is 11.6 Å². The van der Waals surface area contributed by atoms with Crippen LogP contribution in [-0.2, 0) is 0 Å². The fourth-order valence-corrected chi connectivity index (χ4v) is 1.43. The number of nitrogens with two attached hydrogens (primary N) is 1. The van der Waals surface area contributed by atoms with E-state index >= 15 is 0 Å². The minimum atomic E-state index is -4.51. The highest BCUT2D eigenvalue weighted by molar-refractivity contribution is 5.94. The molecule has 0 saturated heterocycles. The summed E-state index contributed by atoms with van der Waals surface area (Å²) in [7, 11) is 0. The molecule has 0 bridgehead atoms. The molecule has 0 unspecified atom stereocenters. The number of nitrogens with zero attached hydrogens (tertiary/aromatic N) is 1. The van der Waals surface area contributed by atoms with Crippen molar-refractivity contribution in [1.29, 1.82) is 0 Å². The lowest BCUT2D eigenvalue weighted by Gasteiger charge is -2.08. The van der Waals surface area contributed by atoms with Crippen molar-refractivity contribution >= 4 is 5.71 Å². The summed E-state index contributed by atoms with van der Waals surface area (Å²) in [5.41, 5.74) is 4.20. The number of allylic oxidation sites excluding steroid dienone is 3. The summed E-state index contributed by atoms with van der Waals surface area (Å²) in [6.45, 7) is 4.95. The lowest BCUT2D eigenvalue weighted by atomic mass is 10.2. The standard InChI is InChI=1S/C15H15F3N2O/c1-11(10-13(8-9-19)15(16,17)18)20-12(2)21-14-6-4-3-5-7-14/h3-10H,2,19H2,1H3. The topological polar surface area (TPSA) is 47.6 Å². The van der Waals surface area contributed by atoms with Gasteiger partial charge in [-0.05, 0) is 44.0 Å². The lowest BCUT2D eigenvalue weighted by molar-refractivity contribution is -0.0881. The molecule has 0 aliphatic carbocycles. The van der Waals surface area contributed by atoms with Gasteiger partial charge in [0.15, 0.2) is 0 Å². The first kappa shape index (κ1) is 16.6. The fraction of sp³-hybridized carbons (Fsp3) is 0.133. The summed E-state index contributed by atoms with van der Waals surface area (Å²) < 4.78 is 43.3. The Labute approximate surface area is 120 Å². The first-order chi connectivity index (χ1) is 9.82. The number of rotatable bonds is 5. The Kier molecular flexibility index (Phi) is 5.78. The second-order valence-electron chi connectivity index (χ2n) is 4.02. The summed E-state index contributed by atoms with van der Waals surface area (Å²) in [5.74, 6) is 0.495. The summed E-state index contributed by atoms with van der Waals surface area (Å²) in [6, 6.07) is 8.69. The molecule has 0 spiro atoms. The van der Waals surface area contributed by atoms with Crippen molar-refractivity contribution in [1.82, 2.24) is 0 Å². The molecule has 0 heterocycles. The van der Waals surface area contributed by atoms with E-state index in [1.54, 1.807) is 24.3 Å². The van der Waals surface area contributed by atoms with Crippen LogP contribution in [0.15, 0.2) is 71.7 Å². The molecule has 112 valence electrons. The SMILES string of the molecule is C=C(N=C(C)C=C(C=CN)C(F)(F)F)Oc1ccccc1. The predicted molar refractivity (Wildman–Crippen MR) is 76.8 cm³/mol. The van der Waals surface area contributed by atoms with Crippen LogP contribution in [0.2, 0.25) is 0 Å². The number of hydrogen-bond acceptors (Lipinski definition) is 3. The van der Waals surface area contributed by atoms with E-state index in [0.717, 1.165) is 18.4 Å².